The van der Waals surface area contributed by atoms with E-state index < -0.39 is 0 Å². The molecule has 3 heterocycles. The van der Waals surface area contributed by atoms with Gasteiger partial charge in [0.2, 0.25) is 0 Å². The smallest absolute Gasteiger partial charge is 0.138 e. The van der Waals surface area contributed by atoms with E-state index >= 15 is 0 Å². The molecule has 112 valence electrons. The van der Waals surface area contributed by atoms with E-state index in [1.54, 1.807) is 0 Å². The van der Waals surface area contributed by atoms with Crippen LogP contribution in [0.1, 0.15) is 12.1 Å². The normalized spacial score (nSPS) is 16.1. The quantitative estimate of drug-likeness (QED) is 0.572. The number of nitrogens with zero attached hydrogens (tertiary/aromatic N) is 3. The highest BCUT2D eigenvalue weighted by atomic mass is 32.2. The van der Waals surface area contributed by atoms with Crippen LogP contribution < -0.4 is 0 Å². The summed E-state index contributed by atoms with van der Waals surface area (Å²) in [5.41, 5.74) is 2.45. The number of hydrogen-bond donors (Lipinski definition) is 0. The first-order valence-electron chi connectivity index (χ1n) is 6.82. The van der Waals surface area contributed by atoms with Crippen LogP contribution in [-0.4, -0.2) is 45.3 Å². The maximum Gasteiger partial charge on any atom is 0.138 e. The molecule has 0 fully saturated rings. The molecule has 0 saturated heterocycles. The zero-order valence-electron chi connectivity index (χ0n) is 11.8. The highest BCUT2D eigenvalue weighted by Crippen LogP contribution is 2.30. The second-order valence-electron chi connectivity index (χ2n) is 4.80. The molecular formula is C14H17N3S4. The third-order valence-electron chi connectivity index (χ3n) is 3.17. The van der Waals surface area contributed by atoms with Gasteiger partial charge >= 0.3 is 0 Å². The number of rotatable bonds is 6. The van der Waals surface area contributed by atoms with Gasteiger partial charge in [-0.05, 0) is 30.5 Å². The summed E-state index contributed by atoms with van der Waals surface area (Å²) in [6, 6.07) is 4.28. The molecule has 0 aliphatic carbocycles. The Kier molecular flexibility index (Phi) is 5.76. The van der Waals surface area contributed by atoms with E-state index in [1.807, 2.05) is 34.9 Å². The lowest BCUT2D eigenvalue weighted by Gasteiger charge is -2.22. The summed E-state index contributed by atoms with van der Waals surface area (Å²) in [4.78, 5) is 2.34. The van der Waals surface area contributed by atoms with Gasteiger partial charge in [0.15, 0.2) is 0 Å². The molecule has 0 aromatic carbocycles. The molecular weight excluding hydrogens is 338 g/mol. The van der Waals surface area contributed by atoms with Crippen LogP contribution in [0, 0.1) is 0 Å². The van der Waals surface area contributed by atoms with Gasteiger partial charge in [-0.15, -0.1) is 34.9 Å². The molecule has 1 aliphatic heterocycles. The Morgan fingerprint density at radius 2 is 2.19 bits per heavy atom. The van der Waals surface area contributed by atoms with Crippen molar-refractivity contribution in [3.63, 3.8) is 0 Å². The van der Waals surface area contributed by atoms with Gasteiger partial charge in [0.05, 0.1) is 15.9 Å². The molecule has 0 N–H and O–H groups in total. The maximum absolute atomic E-state index is 4.51. The molecule has 2 aromatic heterocycles. The SMILES string of the molecule is CN1CCC=C(c2nsnc2SCCSc2cccs2)C1. The molecule has 3 nitrogen and oxygen atoms in total. The summed E-state index contributed by atoms with van der Waals surface area (Å²) in [5.74, 6) is 2.19. The first kappa shape index (κ1) is 15.6. The maximum atomic E-state index is 4.51. The fourth-order valence-electron chi connectivity index (χ4n) is 2.16. The van der Waals surface area contributed by atoms with E-state index in [4.69, 9.17) is 0 Å². The third kappa shape index (κ3) is 4.32. The molecule has 2 aromatic rings. The van der Waals surface area contributed by atoms with Crippen LogP contribution in [0.5, 0.6) is 0 Å². The standard InChI is InChI=1S/C14H17N3S4/c1-17-6-2-4-11(10-17)13-14(16-21-15-13)20-9-8-19-12-5-3-7-18-12/h3-5,7H,2,6,8-10H2,1H3. The van der Waals surface area contributed by atoms with Crippen molar-refractivity contribution in [3.05, 3.63) is 29.3 Å². The van der Waals surface area contributed by atoms with E-state index in [0.717, 1.165) is 41.7 Å². The van der Waals surface area contributed by atoms with Crippen molar-refractivity contribution >= 4 is 52.2 Å². The summed E-state index contributed by atoms with van der Waals surface area (Å²) >= 11 is 6.89. The average Bonchev–Trinajstić information content (AvgIpc) is 3.15. The van der Waals surface area contributed by atoms with Gasteiger partial charge in [0, 0.05) is 24.6 Å². The average molecular weight is 356 g/mol. The van der Waals surface area contributed by atoms with Gasteiger partial charge < -0.3 is 4.90 Å². The summed E-state index contributed by atoms with van der Waals surface area (Å²) in [5, 5.41) is 3.23. The van der Waals surface area contributed by atoms with Crippen LogP contribution in [-0.2, 0) is 0 Å². The minimum atomic E-state index is 0.989. The van der Waals surface area contributed by atoms with Crippen molar-refractivity contribution in [2.45, 2.75) is 15.7 Å². The largest absolute Gasteiger partial charge is 0.302 e. The molecule has 0 bridgehead atoms. The summed E-state index contributed by atoms with van der Waals surface area (Å²) in [7, 11) is 2.16. The predicted molar refractivity (Wildman–Crippen MR) is 95.8 cm³/mol. The van der Waals surface area contributed by atoms with E-state index in [0.29, 0.717) is 0 Å². The zero-order chi connectivity index (χ0) is 14.5. The van der Waals surface area contributed by atoms with Crippen LogP contribution in [0.2, 0.25) is 0 Å². The van der Waals surface area contributed by atoms with Crippen molar-refractivity contribution in [2.75, 3.05) is 31.6 Å². The van der Waals surface area contributed by atoms with Crippen molar-refractivity contribution in [1.29, 1.82) is 0 Å². The number of hydrogen-bond acceptors (Lipinski definition) is 7. The summed E-state index contributed by atoms with van der Waals surface area (Å²) in [6.07, 6.45) is 3.43. The Morgan fingerprint density at radius 3 is 3.00 bits per heavy atom. The molecule has 0 spiro atoms. The van der Waals surface area contributed by atoms with Gasteiger partial charge in [0.1, 0.15) is 10.7 Å². The van der Waals surface area contributed by atoms with E-state index in [2.05, 4.69) is 44.3 Å². The second-order valence-corrected chi connectivity index (χ2v) is 8.76. The topological polar surface area (TPSA) is 29.0 Å². The molecule has 0 amide bonds. The lowest BCUT2D eigenvalue weighted by atomic mass is 10.1. The molecule has 21 heavy (non-hydrogen) atoms. The fraction of sp³-hybridized carbons (Fsp3) is 0.429. The summed E-state index contributed by atoms with van der Waals surface area (Å²) < 4.78 is 10.4. The van der Waals surface area contributed by atoms with Crippen LogP contribution >= 0.6 is 46.6 Å². The van der Waals surface area contributed by atoms with Gasteiger partial charge in [0.25, 0.3) is 0 Å². The Labute approximate surface area is 142 Å². The second kappa shape index (κ2) is 7.78. The predicted octanol–water partition coefficient (Wildman–Crippen LogP) is 4.20. The first-order valence-corrected chi connectivity index (χ1v) is 10.4. The molecule has 0 saturated carbocycles. The third-order valence-corrected chi connectivity index (χ3v) is 7.17. The fourth-order valence-corrected chi connectivity index (χ4v) is 5.70. The van der Waals surface area contributed by atoms with Crippen molar-refractivity contribution in [3.8, 4) is 0 Å². The monoisotopic (exact) mass is 355 g/mol. The summed E-state index contributed by atoms with van der Waals surface area (Å²) in [6.45, 7) is 2.13. The Balaban J connectivity index is 1.54. The molecule has 0 unspecified atom stereocenters. The van der Waals surface area contributed by atoms with Gasteiger partial charge in [-0.3, -0.25) is 0 Å². The molecule has 0 radical (unpaired) electrons. The van der Waals surface area contributed by atoms with Gasteiger partial charge in [-0.1, -0.05) is 12.1 Å². The molecule has 3 rings (SSSR count). The van der Waals surface area contributed by atoms with Crippen molar-refractivity contribution in [2.24, 2.45) is 0 Å². The van der Waals surface area contributed by atoms with E-state index in [1.165, 1.54) is 21.5 Å². The minimum Gasteiger partial charge on any atom is -0.302 e. The molecule has 1 aliphatic rings. The van der Waals surface area contributed by atoms with Gasteiger partial charge in [-0.2, -0.15) is 8.75 Å². The van der Waals surface area contributed by atoms with Crippen LogP contribution in [0.4, 0.5) is 0 Å². The number of thiophene rings is 1. The lowest BCUT2D eigenvalue weighted by molar-refractivity contribution is 0.372. The van der Waals surface area contributed by atoms with Crippen molar-refractivity contribution in [1.82, 2.24) is 13.6 Å². The van der Waals surface area contributed by atoms with Crippen LogP contribution in [0.3, 0.4) is 0 Å². The minimum absolute atomic E-state index is 0.989. The number of aromatic nitrogens is 2. The molecule has 7 heteroatoms. The number of thioether (sulfide) groups is 2. The van der Waals surface area contributed by atoms with E-state index in [-0.39, 0.29) is 0 Å². The van der Waals surface area contributed by atoms with Gasteiger partial charge in [-0.25, -0.2) is 0 Å². The number of likely N-dealkylation sites (N-methyl/N-ethyl adjacent to an activating group) is 1. The van der Waals surface area contributed by atoms with Crippen molar-refractivity contribution < 1.29 is 0 Å². The molecule has 0 atom stereocenters. The first-order chi connectivity index (χ1) is 10.3. The van der Waals surface area contributed by atoms with Crippen LogP contribution in [0.25, 0.3) is 5.57 Å². The van der Waals surface area contributed by atoms with E-state index in [9.17, 15) is 0 Å². The highest BCUT2D eigenvalue weighted by Gasteiger charge is 2.17. The Hall–Kier alpha value is -0.340. The highest BCUT2D eigenvalue weighted by molar-refractivity contribution is 8.03. The zero-order valence-corrected chi connectivity index (χ0v) is 15.1. The Bertz CT molecular complexity index is 591. The van der Waals surface area contributed by atoms with Crippen LogP contribution in [0.15, 0.2) is 32.8 Å². The lowest BCUT2D eigenvalue weighted by Crippen LogP contribution is -2.25. The Morgan fingerprint density at radius 1 is 1.29 bits per heavy atom.